The van der Waals surface area contributed by atoms with Gasteiger partial charge in [-0.2, -0.15) is 5.10 Å². The highest BCUT2D eigenvalue weighted by atomic mass is 32.1. The van der Waals surface area contributed by atoms with Crippen molar-refractivity contribution in [1.82, 2.24) is 30.0 Å². The van der Waals surface area contributed by atoms with Crippen LogP contribution >= 0.6 is 12.2 Å². The van der Waals surface area contributed by atoms with E-state index in [0.29, 0.717) is 34.3 Å². The van der Waals surface area contributed by atoms with Gasteiger partial charge in [0.05, 0.1) is 31.7 Å². The Morgan fingerprint density at radius 1 is 1.10 bits per heavy atom. The van der Waals surface area contributed by atoms with Gasteiger partial charge < -0.3 is 15.4 Å². The third kappa shape index (κ3) is 4.52. The fraction of sp³-hybridized carbons (Fsp3) is 0.190. The van der Waals surface area contributed by atoms with Gasteiger partial charge in [0.2, 0.25) is 0 Å². The van der Waals surface area contributed by atoms with E-state index in [4.69, 9.17) is 17.0 Å². The number of fused-ring (bicyclic) bond motifs is 1. The third-order valence-electron chi connectivity index (χ3n) is 4.42. The van der Waals surface area contributed by atoms with Gasteiger partial charge in [0, 0.05) is 18.3 Å². The summed E-state index contributed by atoms with van der Waals surface area (Å²) in [5, 5.41) is 11.1. The zero-order valence-corrected chi connectivity index (χ0v) is 17.5. The summed E-state index contributed by atoms with van der Waals surface area (Å²) in [7, 11) is 1.66. The Bertz CT molecular complexity index is 1170. The van der Waals surface area contributed by atoms with Gasteiger partial charge >= 0.3 is 0 Å². The van der Waals surface area contributed by atoms with Crippen molar-refractivity contribution < 1.29 is 4.74 Å². The second-order valence-corrected chi connectivity index (χ2v) is 6.96. The van der Waals surface area contributed by atoms with Crippen LogP contribution in [0, 0.1) is 0 Å². The lowest BCUT2D eigenvalue weighted by atomic mass is 10.2. The quantitative estimate of drug-likeness (QED) is 0.461. The van der Waals surface area contributed by atoms with Gasteiger partial charge in [0.1, 0.15) is 17.1 Å². The molecule has 0 amide bonds. The molecule has 1 aromatic carbocycles. The summed E-state index contributed by atoms with van der Waals surface area (Å²) in [6.45, 7) is 3.37. The Balaban J connectivity index is 1.54. The lowest BCUT2D eigenvalue weighted by Gasteiger charge is -2.08. The molecule has 0 aliphatic rings. The predicted molar refractivity (Wildman–Crippen MR) is 121 cm³/mol. The summed E-state index contributed by atoms with van der Waals surface area (Å²) in [5.74, 6) is 1.45. The Labute approximate surface area is 179 Å². The molecule has 3 heterocycles. The first kappa shape index (κ1) is 19.7. The van der Waals surface area contributed by atoms with Crippen molar-refractivity contribution in [3.05, 3.63) is 60.6 Å². The van der Waals surface area contributed by atoms with Crippen LogP contribution in [0.3, 0.4) is 0 Å². The van der Waals surface area contributed by atoms with Crippen molar-refractivity contribution in [2.24, 2.45) is 0 Å². The SMILES string of the molecule is CCNC(=S)Nc1ccc2ncc(-c3cnn(Cc4ccc(OC)cc4)c3)nc2n1. The van der Waals surface area contributed by atoms with Gasteiger partial charge in [-0.15, -0.1) is 0 Å². The van der Waals surface area contributed by atoms with Gasteiger partial charge in [-0.25, -0.2) is 9.97 Å². The number of hydrogen-bond acceptors (Lipinski definition) is 6. The zero-order valence-electron chi connectivity index (χ0n) is 16.7. The molecule has 0 saturated carbocycles. The van der Waals surface area contributed by atoms with E-state index in [-0.39, 0.29) is 0 Å². The largest absolute Gasteiger partial charge is 0.497 e. The maximum absolute atomic E-state index is 5.21. The minimum Gasteiger partial charge on any atom is -0.497 e. The van der Waals surface area contributed by atoms with Crippen molar-refractivity contribution in [2.75, 3.05) is 19.0 Å². The Morgan fingerprint density at radius 2 is 1.93 bits per heavy atom. The van der Waals surface area contributed by atoms with E-state index in [2.05, 4.69) is 30.7 Å². The Hall–Kier alpha value is -3.59. The van der Waals surface area contributed by atoms with E-state index in [1.807, 2.05) is 54.2 Å². The summed E-state index contributed by atoms with van der Waals surface area (Å²) >= 11 is 5.21. The van der Waals surface area contributed by atoms with Crippen LogP contribution in [0.1, 0.15) is 12.5 Å². The van der Waals surface area contributed by atoms with E-state index >= 15 is 0 Å². The molecule has 0 saturated heterocycles. The fourth-order valence-corrected chi connectivity index (χ4v) is 3.18. The topological polar surface area (TPSA) is 89.8 Å². The molecular formula is C21H21N7OS. The van der Waals surface area contributed by atoms with E-state index < -0.39 is 0 Å². The van der Waals surface area contributed by atoms with Crippen molar-refractivity contribution in [3.63, 3.8) is 0 Å². The maximum atomic E-state index is 5.21. The van der Waals surface area contributed by atoms with E-state index in [1.54, 1.807) is 19.5 Å². The smallest absolute Gasteiger partial charge is 0.180 e. The van der Waals surface area contributed by atoms with Crippen LogP contribution < -0.4 is 15.4 Å². The zero-order chi connectivity index (χ0) is 20.9. The Morgan fingerprint density at radius 3 is 2.70 bits per heavy atom. The number of hydrogen-bond donors (Lipinski definition) is 2. The van der Waals surface area contributed by atoms with Crippen LogP contribution in [-0.2, 0) is 6.54 Å². The summed E-state index contributed by atoms with van der Waals surface area (Å²) in [6, 6.07) is 11.6. The highest BCUT2D eigenvalue weighted by Crippen LogP contribution is 2.20. The van der Waals surface area contributed by atoms with E-state index in [1.165, 1.54) is 0 Å². The normalized spacial score (nSPS) is 10.7. The molecule has 8 nitrogen and oxygen atoms in total. The van der Waals surface area contributed by atoms with Gasteiger partial charge in [0.25, 0.3) is 0 Å². The molecule has 3 aromatic heterocycles. The minimum atomic E-state index is 0.522. The molecule has 0 aliphatic heterocycles. The van der Waals surface area contributed by atoms with Gasteiger partial charge in [-0.05, 0) is 49.0 Å². The van der Waals surface area contributed by atoms with Crippen LogP contribution in [0.15, 0.2) is 55.0 Å². The highest BCUT2D eigenvalue weighted by Gasteiger charge is 2.08. The summed E-state index contributed by atoms with van der Waals surface area (Å²) < 4.78 is 7.06. The van der Waals surface area contributed by atoms with E-state index in [9.17, 15) is 0 Å². The number of thiocarbonyl (C=S) groups is 1. The molecule has 0 fully saturated rings. The number of anilines is 1. The van der Waals surface area contributed by atoms with Crippen LogP contribution in [-0.4, -0.2) is 43.5 Å². The van der Waals surface area contributed by atoms with Crippen LogP contribution in [0.25, 0.3) is 22.4 Å². The Kier molecular flexibility index (Phi) is 5.80. The van der Waals surface area contributed by atoms with Crippen LogP contribution in [0.2, 0.25) is 0 Å². The van der Waals surface area contributed by atoms with Gasteiger partial charge in [-0.3, -0.25) is 9.67 Å². The second-order valence-electron chi connectivity index (χ2n) is 6.55. The molecule has 152 valence electrons. The number of benzene rings is 1. The van der Waals surface area contributed by atoms with Crippen LogP contribution in [0.5, 0.6) is 5.75 Å². The number of nitrogens with zero attached hydrogens (tertiary/aromatic N) is 5. The molecular weight excluding hydrogens is 398 g/mol. The van der Waals surface area contributed by atoms with Gasteiger partial charge in [-0.1, -0.05) is 12.1 Å². The monoisotopic (exact) mass is 419 g/mol. The molecule has 0 aliphatic carbocycles. The van der Waals surface area contributed by atoms with Gasteiger partial charge in [0.15, 0.2) is 10.8 Å². The maximum Gasteiger partial charge on any atom is 0.180 e. The highest BCUT2D eigenvalue weighted by molar-refractivity contribution is 7.80. The van der Waals surface area contributed by atoms with Crippen molar-refractivity contribution in [3.8, 4) is 17.0 Å². The number of pyridine rings is 1. The lowest BCUT2D eigenvalue weighted by Crippen LogP contribution is -2.28. The molecule has 0 spiro atoms. The molecule has 30 heavy (non-hydrogen) atoms. The molecule has 0 atom stereocenters. The predicted octanol–water partition coefficient (Wildman–Crippen LogP) is 3.25. The minimum absolute atomic E-state index is 0.522. The van der Waals surface area contributed by atoms with Crippen molar-refractivity contribution in [1.29, 1.82) is 0 Å². The first-order valence-electron chi connectivity index (χ1n) is 9.49. The molecule has 4 rings (SSSR count). The molecule has 4 aromatic rings. The summed E-state index contributed by atoms with van der Waals surface area (Å²) in [4.78, 5) is 13.7. The molecule has 9 heteroatoms. The second kappa shape index (κ2) is 8.83. The molecule has 2 N–H and O–H groups in total. The summed E-state index contributed by atoms with van der Waals surface area (Å²) in [6.07, 6.45) is 5.46. The molecule has 0 radical (unpaired) electrons. The first-order chi connectivity index (χ1) is 14.6. The summed E-state index contributed by atoms with van der Waals surface area (Å²) in [5.41, 5.74) is 3.97. The lowest BCUT2D eigenvalue weighted by molar-refractivity contribution is 0.414. The average Bonchev–Trinajstić information content (AvgIpc) is 3.22. The average molecular weight is 420 g/mol. The van der Waals surface area contributed by atoms with E-state index in [0.717, 1.165) is 23.4 Å². The molecule has 0 unspecified atom stereocenters. The third-order valence-corrected chi connectivity index (χ3v) is 4.66. The number of ether oxygens (including phenoxy) is 1. The first-order valence-corrected chi connectivity index (χ1v) is 9.90. The number of nitrogens with one attached hydrogen (secondary N) is 2. The standard InChI is InChI=1S/C21H21N7OS/c1-3-22-21(30)27-19-9-8-17-20(26-19)25-18(11-23-17)15-10-24-28(13-15)12-14-4-6-16(29-2)7-5-14/h4-11,13H,3,12H2,1-2H3,(H2,22,25,26,27,30). The van der Waals surface area contributed by atoms with Crippen LogP contribution in [0.4, 0.5) is 5.82 Å². The fourth-order valence-electron chi connectivity index (χ4n) is 2.93. The number of methoxy groups -OCH3 is 1. The van der Waals surface area contributed by atoms with Crippen molar-refractivity contribution in [2.45, 2.75) is 13.5 Å². The number of rotatable bonds is 6. The molecule has 0 bridgehead atoms. The number of aromatic nitrogens is 5. The van der Waals surface area contributed by atoms with Crippen molar-refractivity contribution >= 4 is 34.3 Å².